The van der Waals surface area contributed by atoms with Crippen LogP contribution in [-0.2, 0) is 5.75 Å². The summed E-state index contributed by atoms with van der Waals surface area (Å²) in [5.74, 6) is 2.15. The first-order chi connectivity index (χ1) is 7.08. The molecular weight excluding hydrogens is 210 g/mol. The van der Waals surface area contributed by atoms with Crippen molar-refractivity contribution in [3.05, 3.63) is 5.82 Å². The molecule has 1 aromatic rings. The van der Waals surface area contributed by atoms with E-state index in [1.807, 2.05) is 11.8 Å². The van der Waals surface area contributed by atoms with Crippen LogP contribution in [-0.4, -0.2) is 21.9 Å². The van der Waals surface area contributed by atoms with Gasteiger partial charge >= 0.3 is 6.01 Å². The average molecular weight is 229 g/mol. The van der Waals surface area contributed by atoms with Crippen LogP contribution in [0, 0.1) is 5.92 Å². The Bertz CT molecular complexity index is 259. The SMILES string of the molecule is CC(C)CNc1nc(CSC(C)C)no1. The lowest BCUT2D eigenvalue weighted by atomic mass is 10.2. The quantitative estimate of drug-likeness (QED) is 0.813. The van der Waals surface area contributed by atoms with Crippen molar-refractivity contribution in [2.24, 2.45) is 5.92 Å². The molecule has 0 radical (unpaired) electrons. The molecule has 0 amide bonds. The van der Waals surface area contributed by atoms with Crippen LogP contribution in [0.4, 0.5) is 6.01 Å². The third kappa shape index (κ3) is 5.06. The van der Waals surface area contributed by atoms with E-state index in [-0.39, 0.29) is 0 Å². The normalized spacial score (nSPS) is 11.3. The lowest BCUT2D eigenvalue weighted by molar-refractivity contribution is 0.423. The minimum atomic E-state index is 0.531. The van der Waals surface area contributed by atoms with Gasteiger partial charge in [0.15, 0.2) is 5.82 Å². The van der Waals surface area contributed by atoms with Gasteiger partial charge in [-0.1, -0.05) is 32.9 Å². The minimum absolute atomic E-state index is 0.531. The van der Waals surface area contributed by atoms with Crippen LogP contribution < -0.4 is 5.32 Å². The second-order valence-corrected chi connectivity index (χ2v) is 5.72. The Hall–Kier alpha value is -0.710. The number of thioether (sulfide) groups is 1. The average Bonchev–Trinajstić information content (AvgIpc) is 2.59. The molecule has 0 aliphatic rings. The summed E-state index contributed by atoms with van der Waals surface area (Å²) < 4.78 is 5.06. The van der Waals surface area contributed by atoms with Crippen LogP contribution in [0.5, 0.6) is 0 Å². The summed E-state index contributed by atoms with van der Waals surface area (Å²) in [6.45, 7) is 9.45. The van der Waals surface area contributed by atoms with Crippen molar-refractivity contribution in [2.75, 3.05) is 11.9 Å². The lowest BCUT2D eigenvalue weighted by Crippen LogP contribution is -2.07. The van der Waals surface area contributed by atoms with Crippen molar-refractivity contribution < 1.29 is 4.52 Å². The standard InChI is InChI=1S/C10H19N3OS/c1-7(2)5-11-10-12-9(13-14-10)6-15-8(3)4/h7-8H,5-6H2,1-4H3,(H,11,12,13). The molecule has 0 aliphatic carbocycles. The van der Waals surface area contributed by atoms with Crippen molar-refractivity contribution in [3.63, 3.8) is 0 Å². The second kappa shape index (κ2) is 6.00. The Morgan fingerprint density at radius 2 is 2.07 bits per heavy atom. The Morgan fingerprint density at radius 1 is 1.33 bits per heavy atom. The summed E-state index contributed by atoms with van der Waals surface area (Å²) in [6, 6.07) is 0.531. The van der Waals surface area contributed by atoms with Gasteiger partial charge in [-0.25, -0.2) is 0 Å². The zero-order valence-corrected chi connectivity index (χ0v) is 10.6. The molecule has 0 aromatic carbocycles. The predicted molar refractivity (Wildman–Crippen MR) is 64.1 cm³/mol. The Balaban J connectivity index is 2.35. The molecule has 1 N–H and O–H groups in total. The number of nitrogens with zero attached hydrogens (tertiary/aromatic N) is 2. The zero-order valence-electron chi connectivity index (χ0n) is 9.78. The monoisotopic (exact) mass is 229 g/mol. The van der Waals surface area contributed by atoms with Gasteiger partial charge < -0.3 is 9.84 Å². The van der Waals surface area contributed by atoms with Crippen LogP contribution in [0.1, 0.15) is 33.5 Å². The summed E-state index contributed by atoms with van der Waals surface area (Å²) >= 11 is 1.81. The fraction of sp³-hybridized carbons (Fsp3) is 0.800. The highest BCUT2D eigenvalue weighted by molar-refractivity contribution is 7.99. The van der Waals surface area contributed by atoms with Crippen LogP contribution in [0.2, 0.25) is 0 Å². The van der Waals surface area contributed by atoms with Gasteiger partial charge in [-0.15, -0.1) is 0 Å². The minimum Gasteiger partial charge on any atom is -0.337 e. The molecule has 5 heteroatoms. The molecule has 0 fully saturated rings. The lowest BCUT2D eigenvalue weighted by Gasteiger charge is -2.02. The number of anilines is 1. The van der Waals surface area contributed by atoms with Crippen molar-refractivity contribution in [1.82, 2.24) is 10.1 Å². The molecule has 0 atom stereocenters. The van der Waals surface area contributed by atoms with E-state index in [1.54, 1.807) is 0 Å². The summed E-state index contributed by atoms with van der Waals surface area (Å²) in [4.78, 5) is 4.24. The molecule has 1 aromatic heterocycles. The third-order valence-electron chi connectivity index (χ3n) is 1.68. The van der Waals surface area contributed by atoms with E-state index in [2.05, 4.69) is 43.2 Å². The number of hydrogen-bond donors (Lipinski definition) is 1. The van der Waals surface area contributed by atoms with Gasteiger partial charge in [0.25, 0.3) is 0 Å². The number of hydrogen-bond acceptors (Lipinski definition) is 5. The van der Waals surface area contributed by atoms with E-state index in [1.165, 1.54) is 0 Å². The van der Waals surface area contributed by atoms with E-state index in [9.17, 15) is 0 Å². The molecule has 15 heavy (non-hydrogen) atoms. The maximum atomic E-state index is 5.06. The first-order valence-electron chi connectivity index (χ1n) is 5.26. The maximum Gasteiger partial charge on any atom is 0.321 e. The van der Waals surface area contributed by atoms with Crippen molar-refractivity contribution in [2.45, 2.75) is 38.7 Å². The summed E-state index contributed by atoms with van der Waals surface area (Å²) in [7, 11) is 0. The van der Waals surface area contributed by atoms with Gasteiger partial charge in [0, 0.05) is 6.54 Å². The highest BCUT2D eigenvalue weighted by Crippen LogP contribution is 2.16. The van der Waals surface area contributed by atoms with Gasteiger partial charge in [0.1, 0.15) is 0 Å². The number of nitrogens with one attached hydrogen (secondary N) is 1. The largest absolute Gasteiger partial charge is 0.337 e. The summed E-state index contributed by atoms with van der Waals surface area (Å²) in [5, 5.41) is 7.59. The molecule has 1 heterocycles. The topological polar surface area (TPSA) is 51.0 Å². The smallest absolute Gasteiger partial charge is 0.321 e. The van der Waals surface area contributed by atoms with Crippen molar-refractivity contribution in [3.8, 4) is 0 Å². The summed E-state index contributed by atoms with van der Waals surface area (Å²) in [5.41, 5.74) is 0. The van der Waals surface area contributed by atoms with E-state index < -0.39 is 0 Å². The number of rotatable bonds is 6. The Morgan fingerprint density at radius 3 is 2.67 bits per heavy atom. The van der Waals surface area contributed by atoms with E-state index in [0.717, 1.165) is 18.1 Å². The molecule has 0 saturated heterocycles. The molecule has 1 rings (SSSR count). The molecule has 0 bridgehead atoms. The first kappa shape index (κ1) is 12.4. The third-order valence-corrected chi connectivity index (χ3v) is 2.77. The fourth-order valence-corrected chi connectivity index (χ4v) is 1.52. The van der Waals surface area contributed by atoms with E-state index in [0.29, 0.717) is 17.2 Å². The van der Waals surface area contributed by atoms with Crippen LogP contribution >= 0.6 is 11.8 Å². The second-order valence-electron chi connectivity index (χ2n) is 4.15. The van der Waals surface area contributed by atoms with Gasteiger partial charge in [-0.3, -0.25) is 0 Å². The van der Waals surface area contributed by atoms with Gasteiger partial charge in [0.2, 0.25) is 0 Å². The Labute approximate surface area is 95.2 Å². The summed E-state index contributed by atoms with van der Waals surface area (Å²) in [6.07, 6.45) is 0. The first-order valence-corrected chi connectivity index (χ1v) is 6.31. The molecule has 0 saturated carbocycles. The fourth-order valence-electron chi connectivity index (χ4n) is 0.917. The van der Waals surface area contributed by atoms with Gasteiger partial charge in [0.05, 0.1) is 5.75 Å². The van der Waals surface area contributed by atoms with E-state index >= 15 is 0 Å². The van der Waals surface area contributed by atoms with E-state index in [4.69, 9.17) is 4.52 Å². The van der Waals surface area contributed by atoms with Crippen LogP contribution in [0.3, 0.4) is 0 Å². The zero-order chi connectivity index (χ0) is 11.3. The van der Waals surface area contributed by atoms with Crippen LogP contribution in [0.25, 0.3) is 0 Å². The van der Waals surface area contributed by atoms with Crippen molar-refractivity contribution >= 4 is 17.8 Å². The molecule has 4 nitrogen and oxygen atoms in total. The molecule has 0 aliphatic heterocycles. The van der Waals surface area contributed by atoms with Gasteiger partial charge in [-0.2, -0.15) is 16.7 Å². The van der Waals surface area contributed by atoms with Crippen molar-refractivity contribution in [1.29, 1.82) is 0 Å². The predicted octanol–water partition coefficient (Wildman–Crippen LogP) is 2.78. The molecule has 0 spiro atoms. The van der Waals surface area contributed by atoms with Crippen LogP contribution in [0.15, 0.2) is 4.52 Å². The molecular formula is C10H19N3OS. The Kier molecular flexibility index (Phi) is 4.94. The highest BCUT2D eigenvalue weighted by Gasteiger charge is 2.06. The molecule has 86 valence electrons. The molecule has 0 unspecified atom stereocenters. The maximum absolute atomic E-state index is 5.06. The number of aromatic nitrogens is 2. The highest BCUT2D eigenvalue weighted by atomic mass is 32.2. The van der Waals surface area contributed by atoms with Gasteiger partial charge in [-0.05, 0) is 11.2 Å².